The highest BCUT2D eigenvalue weighted by Crippen LogP contribution is 2.18. The molecule has 2 amide bonds. The summed E-state index contributed by atoms with van der Waals surface area (Å²) in [6.45, 7) is 0.478. The minimum absolute atomic E-state index is 0.0151. The van der Waals surface area contributed by atoms with Crippen molar-refractivity contribution in [3.05, 3.63) is 80.9 Å². The molecule has 12 nitrogen and oxygen atoms in total. The van der Waals surface area contributed by atoms with Crippen molar-refractivity contribution < 1.29 is 23.5 Å². The highest BCUT2D eigenvalue weighted by molar-refractivity contribution is 5.97. The molecule has 12 heteroatoms. The van der Waals surface area contributed by atoms with Gasteiger partial charge < -0.3 is 25.1 Å². The summed E-state index contributed by atoms with van der Waals surface area (Å²) >= 11 is 0. The van der Waals surface area contributed by atoms with E-state index in [0.717, 1.165) is 15.0 Å². The summed E-state index contributed by atoms with van der Waals surface area (Å²) in [7, 11) is 0. The maximum Gasteiger partial charge on any atom is 0.330 e. The van der Waals surface area contributed by atoms with Gasteiger partial charge in [0.25, 0.3) is 17.4 Å². The van der Waals surface area contributed by atoms with Crippen molar-refractivity contribution in [2.24, 2.45) is 0 Å². The Bertz CT molecular complexity index is 1280. The van der Waals surface area contributed by atoms with E-state index in [0.29, 0.717) is 0 Å². The number of aromatic amines is 1. The van der Waals surface area contributed by atoms with Crippen LogP contribution in [0.25, 0.3) is 0 Å². The first-order valence-electron chi connectivity index (χ1n) is 10.3. The van der Waals surface area contributed by atoms with Crippen molar-refractivity contribution in [2.75, 3.05) is 30.3 Å². The number of esters is 1. The van der Waals surface area contributed by atoms with E-state index in [4.69, 9.17) is 14.9 Å². The minimum Gasteiger partial charge on any atom is -0.459 e. The van der Waals surface area contributed by atoms with E-state index in [2.05, 4.69) is 10.3 Å². The minimum atomic E-state index is -0.875. The molecular formula is C22H23N5O7. The Morgan fingerprint density at radius 2 is 1.88 bits per heavy atom. The zero-order valence-corrected chi connectivity index (χ0v) is 18.3. The van der Waals surface area contributed by atoms with Gasteiger partial charge in [0.1, 0.15) is 12.4 Å². The maximum absolute atomic E-state index is 12.7. The summed E-state index contributed by atoms with van der Waals surface area (Å²) in [5.41, 5.74) is 5.07. The van der Waals surface area contributed by atoms with E-state index in [1.54, 1.807) is 31.2 Å². The topological polar surface area (TPSA) is 170 Å². The monoisotopic (exact) mass is 469 g/mol. The largest absolute Gasteiger partial charge is 0.459 e. The van der Waals surface area contributed by atoms with Gasteiger partial charge in [-0.05, 0) is 24.6 Å². The van der Waals surface area contributed by atoms with E-state index in [9.17, 15) is 24.0 Å². The van der Waals surface area contributed by atoms with Gasteiger partial charge in [-0.2, -0.15) is 0 Å². The number of carbonyl (C=O) groups is 3. The standard InChI is InChI=1S/C22H23N5O7/c1-2-26(16(28)13-34-17(29)11-24-20(30)15-9-6-10-33-15)18-19(23)27(22(32)25-21(18)31)12-14-7-4-3-5-8-14/h3-10H,2,11-13,23H2,1H3,(H,24,30)(H,25,31,32). The molecule has 0 saturated heterocycles. The number of ether oxygens (including phenoxy) is 1. The second-order valence-corrected chi connectivity index (χ2v) is 7.02. The first-order valence-corrected chi connectivity index (χ1v) is 10.3. The molecule has 3 rings (SSSR count). The van der Waals surface area contributed by atoms with Gasteiger partial charge in [0.2, 0.25) is 0 Å². The number of benzene rings is 1. The van der Waals surface area contributed by atoms with Crippen LogP contribution in [0.3, 0.4) is 0 Å². The number of anilines is 2. The fourth-order valence-corrected chi connectivity index (χ4v) is 3.14. The van der Waals surface area contributed by atoms with E-state index in [-0.39, 0.29) is 30.4 Å². The lowest BCUT2D eigenvalue weighted by molar-refractivity contribution is -0.146. The smallest absolute Gasteiger partial charge is 0.330 e. The van der Waals surface area contributed by atoms with Crippen LogP contribution in [0.5, 0.6) is 0 Å². The molecule has 1 aromatic carbocycles. The number of amides is 2. The van der Waals surface area contributed by atoms with Crippen LogP contribution in [0.4, 0.5) is 11.5 Å². The second kappa shape index (κ2) is 10.8. The number of rotatable bonds is 9. The van der Waals surface area contributed by atoms with Gasteiger partial charge in [-0.3, -0.25) is 28.7 Å². The Morgan fingerprint density at radius 1 is 1.15 bits per heavy atom. The molecule has 2 heterocycles. The first kappa shape index (κ1) is 24.0. The van der Waals surface area contributed by atoms with Crippen LogP contribution in [-0.4, -0.2) is 47.0 Å². The number of furan rings is 1. The molecule has 0 atom stereocenters. The lowest BCUT2D eigenvalue weighted by Gasteiger charge is -2.23. The molecule has 0 radical (unpaired) electrons. The number of aromatic nitrogens is 2. The second-order valence-electron chi connectivity index (χ2n) is 7.02. The van der Waals surface area contributed by atoms with Gasteiger partial charge >= 0.3 is 11.7 Å². The van der Waals surface area contributed by atoms with Crippen molar-refractivity contribution in [3.63, 3.8) is 0 Å². The number of likely N-dealkylation sites (N-methyl/N-ethyl adjacent to an activating group) is 1. The van der Waals surface area contributed by atoms with Gasteiger partial charge in [0.05, 0.1) is 12.8 Å². The summed E-state index contributed by atoms with van der Waals surface area (Å²) in [4.78, 5) is 64.4. The summed E-state index contributed by atoms with van der Waals surface area (Å²) < 4.78 is 11.0. The Hall–Kier alpha value is -4.61. The fourth-order valence-electron chi connectivity index (χ4n) is 3.14. The molecule has 0 spiro atoms. The number of nitrogens with zero attached hydrogens (tertiary/aromatic N) is 2. The van der Waals surface area contributed by atoms with Crippen LogP contribution in [0.1, 0.15) is 23.0 Å². The zero-order valence-electron chi connectivity index (χ0n) is 18.3. The van der Waals surface area contributed by atoms with Gasteiger partial charge in [0, 0.05) is 6.54 Å². The molecule has 0 aliphatic carbocycles. The number of nitrogen functional groups attached to an aromatic ring is 1. The van der Waals surface area contributed by atoms with Crippen LogP contribution < -0.4 is 27.2 Å². The van der Waals surface area contributed by atoms with Crippen molar-refractivity contribution in [1.82, 2.24) is 14.9 Å². The summed E-state index contributed by atoms with van der Waals surface area (Å²) in [6.07, 6.45) is 1.31. The van der Waals surface area contributed by atoms with Crippen molar-refractivity contribution in [1.29, 1.82) is 0 Å². The highest BCUT2D eigenvalue weighted by atomic mass is 16.5. The molecule has 3 aromatic rings. The van der Waals surface area contributed by atoms with Gasteiger partial charge in [0.15, 0.2) is 18.1 Å². The predicted molar refractivity (Wildman–Crippen MR) is 121 cm³/mol. The zero-order chi connectivity index (χ0) is 24.7. The average Bonchev–Trinajstić information content (AvgIpc) is 3.37. The SMILES string of the molecule is CCN(C(=O)COC(=O)CNC(=O)c1ccco1)c1c(N)n(Cc2ccccc2)c(=O)[nH]c1=O. The van der Waals surface area contributed by atoms with E-state index in [1.165, 1.54) is 18.4 Å². The molecule has 178 valence electrons. The Morgan fingerprint density at radius 3 is 2.53 bits per heavy atom. The van der Waals surface area contributed by atoms with Gasteiger partial charge in [-0.1, -0.05) is 30.3 Å². The number of hydrogen-bond donors (Lipinski definition) is 3. The molecular weight excluding hydrogens is 446 g/mol. The molecule has 0 bridgehead atoms. The summed E-state index contributed by atoms with van der Waals surface area (Å²) in [5, 5.41) is 2.29. The van der Waals surface area contributed by atoms with Crippen molar-refractivity contribution in [2.45, 2.75) is 13.5 Å². The molecule has 4 N–H and O–H groups in total. The third-order valence-electron chi connectivity index (χ3n) is 4.78. The lowest BCUT2D eigenvalue weighted by Crippen LogP contribution is -2.43. The number of carbonyl (C=O) groups excluding carboxylic acids is 3. The highest BCUT2D eigenvalue weighted by Gasteiger charge is 2.24. The number of nitrogens with two attached hydrogens (primary N) is 1. The van der Waals surface area contributed by atoms with Crippen LogP contribution in [-0.2, 0) is 20.9 Å². The molecule has 0 saturated carbocycles. The van der Waals surface area contributed by atoms with E-state index in [1.807, 2.05) is 6.07 Å². The average molecular weight is 469 g/mol. The molecule has 34 heavy (non-hydrogen) atoms. The van der Waals surface area contributed by atoms with E-state index >= 15 is 0 Å². The fraction of sp³-hybridized carbons (Fsp3) is 0.227. The Kier molecular flexibility index (Phi) is 7.64. The molecule has 0 fully saturated rings. The quantitative estimate of drug-likeness (QED) is 0.370. The summed E-state index contributed by atoms with van der Waals surface area (Å²) in [5.74, 6) is -2.43. The Balaban J connectivity index is 1.70. The van der Waals surface area contributed by atoms with Crippen LogP contribution >= 0.6 is 0 Å². The molecule has 2 aromatic heterocycles. The maximum atomic E-state index is 12.7. The lowest BCUT2D eigenvalue weighted by atomic mass is 10.2. The van der Waals surface area contributed by atoms with Crippen LogP contribution in [0, 0.1) is 0 Å². The number of hydrogen-bond acceptors (Lipinski definition) is 8. The van der Waals surface area contributed by atoms with Crippen LogP contribution in [0.15, 0.2) is 62.7 Å². The first-order chi connectivity index (χ1) is 16.3. The predicted octanol–water partition coefficient (Wildman–Crippen LogP) is 0.0862. The summed E-state index contributed by atoms with van der Waals surface area (Å²) in [6, 6.07) is 11.9. The van der Waals surface area contributed by atoms with Gasteiger partial charge in [-0.25, -0.2) is 4.79 Å². The third kappa shape index (κ3) is 5.59. The van der Waals surface area contributed by atoms with Gasteiger partial charge in [-0.15, -0.1) is 0 Å². The third-order valence-corrected chi connectivity index (χ3v) is 4.78. The Labute approximate surface area is 192 Å². The van der Waals surface area contributed by atoms with Crippen LogP contribution in [0.2, 0.25) is 0 Å². The molecule has 0 aliphatic heterocycles. The number of nitrogens with one attached hydrogen (secondary N) is 2. The normalized spacial score (nSPS) is 10.5. The van der Waals surface area contributed by atoms with Crippen molar-refractivity contribution in [3.8, 4) is 0 Å². The molecule has 0 aliphatic rings. The van der Waals surface area contributed by atoms with Crippen molar-refractivity contribution >= 4 is 29.3 Å². The molecule has 0 unspecified atom stereocenters. The number of H-pyrrole nitrogens is 1. The van der Waals surface area contributed by atoms with E-state index < -0.39 is 42.2 Å².